The largest absolute Gasteiger partial charge is 0.465 e. The summed E-state index contributed by atoms with van der Waals surface area (Å²) < 4.78 is 20.6. The maximum atomic E-state index is 12.1. The van der Waals surface area contributed by atoms with Crippen LogP contribution >= 0.6 is 0 Å². The highest BCUT2D eigenvalue weighted by molar-refractivity contribution is 5.96. The Morgan fingerprint density at radius 3 is 2.27 bits per heavy atom. The van der Waals surface area contributed by atoms with Gasteiger partial charge in [-0.3, -0.25) is 9.59 Å². The van der Waals surface area contributed by atoms with E-state index < -0.39 is 23.8 Å². The standard InChI is InChI=1S/C16H20O6/c1-4-19-15(17)14(16(18)20-5-2)10(3)11-6-7-12-13(8-11)22-9-21-12/h6-8,10,14H,4-5,9H2,1-3H3. The summed E-state index contributed by atoms with van der Waals surface area (Å²) in [5.74, 6) is -1.29. The Morgan fingerprint density at radius 2 is 1.68 bits per heavy atom. The lowest BCUT2D eigenvalue weighted by atomic mass is 9.87. The number of hydrogen-bond acceptors (Lipinski definition) is 6. The second-order valence-corrected chi connectivity index (χ2v) is 4.88. The molecule has 2 rings (SSSR count). The van der Waals surface area contributed by atoms with Crippen LogP contribution in [-0.4, -0.2) is 31.9 Å². The SMILES string of the molecule is CCOC(=O)C(C(=O)OCC)C(C)c1ccc2c(c1)OCO2. The van der Waals surface area contributed by atoms with Gasteiger partial charge < -0.3 is 18.9 Å². The Balaban J connectivity index is 2.25. The van der Waals surface area contributed by atoms with Crippen LogP contribution in [0.15, 0.2) is 18.2 Å². The maximum absolute atomic E-state index is 12.1. The first kappa shape index (κ1) is 16.1. The summed E-state index contributed by atoms with van der Waals surface area (Å²) in [4.78, 5) is 24.3. The number of ether oxygens (including phenoxy) is 4. The molecule has 0 fully saturated rings. The zero-order chi connectivity index (χ0) is 16.1. The van der Waals surface area contributed by atoms with E-state index in [1.54, 1.807) is 32.9 Å². The van der Waals surface area contributed by atoms with Crippen LogP contribution in [0.3, 0.4) is 0 Å². The Labute approximate surface area is 129 Å². The lowest BCUT2D eigenvalue weighted by Crippen LogP contribution is -2.32. The van der Waals surface area contributed by atoms with Crippen molar-refractivity contribution in [2.75, 3.05) is 20.0 Å². The Hall–Kier alpha value is -2.24. The summed E-state index contributed by atoms with van der Waals surface area (Å²) in [5.41, 5.74) is 0.787. The van der Waals surface area contributed by atoms with Crippen molar-refractivity contribution in [3.63, 3.8) is 0 Å². The van der Waals surface area contributed by atoms with E-state index in [4.69, 9.17) is 18.9 Å². The van der Waals surface area contributed by atoms with E-state index in [0.29, 0.717) is 11.5 Å². The van der Waals surface area contributed by atoms with Gasteiger partial charge in [0.1, 0.15) is 0 Å². The third-order valence-electron chi connectivity index (χ3n) is 3.50. The van der Waals surface area contributed by atoms with Crippen molar-refractivity contribution < 1.29 is 28.5 Å². The quantitative estimate of drug-likeness (QED) is 0.593. The van der Waals surface area contributed by atoms with Crippen LogP contribution in [0.4, 0.5) is 0 Å². The van der Waals surface area contributed by atoms with Crippen LogP contribution in [0.2, 0.25) is 0 Å². The molecule has 120 valence electrons. The monoisotopic (exact) mass is 308 g/mol. The molecule has 0 bridgehead atoms. The van der Waals surface area contributed by atoms with Crippen LogP contribution in [-0.2, 0) is 19.1 Å². The first-order chi connectivity index (χ1) is 10.6. The Kier molecular flexibility index (Phi) is 5.25. The molecule has 22 heavy (non-hydrogen) atoms. The predicted molar refractivity (Wildman–Crippen MR) is 77.7 cm³/mol. The molecule has 1 unspecified atom stereocenters. The second-order valence-electron chi connectivity index (χ2n) is 4.88. The molecule has 0 aromatic heterocycles. The fourth-order valence-corrected chi connectivity index (χ4v) is 2.36. The lowest BCUT2D eigenvalue weighted by molar-refractivity contribution is -0.162. The average Bonchev–Trinajstić information content (AvgIpc) is 2.95. The van der Waals surface area contributed by atoms with Crippen molar-refractivity contribution in [3.05, 3.63) is 23.8 Å². The molecule has 0 radical (unpaired) electrons. The number of carbonyl (C=O) groups excluding carboxylic acids is 2. The van der Waals surface area contributed by atoms with Gasteiger partial charge in [-0.2, -0.15) is 0 Å². The molecule has 1 heterocycles. The van der Waals surface area contributed by atoms with Gasteiger partial charge in [-0.25, -0.2) is 0 Å². The fraction of sp³-hybridized carbons (Fsp3) is 0.500. The molecule has 6 nitrogen and oxygen atoms in total. The van der Waals surface area contributed by atoms with Gasteiger partial charge in [-0.1, -0.05) is 13.0 Å². The van der Waals surface area contributed by atoms with E-state index in [9.17, 15) is 9.59 Å². The summed E-state index contributed by atoms with van der Waals surface area (Å²) in [7, 11) is 0. The molecular formula is C16H20O6. The van der Waals surface area contributed by atoms with E-state index in [-0.39, 0.29) is 20.0 Å². The van der Waals surface area contributed by atoms with Gasteiger partial charge in [0.25, 0.3) is 0 Å². The van der Waals surface area contributed by atoms with E-state index in [0.717, 1.165) is 5.56 Å². The molecule has 0 aliphatic carbocycles. The van der Waals surface area contributed by atoms with Crippen molar-refractivity contribution >= 4 is 11.9 Å². The molecule has 1 atom stereocenters. The average molecular weight is 308 g/mol. The normalized spacial score (nSPS) is 13.8. The van der Waals surface area contributed by atoms with Gasteiger partial charge in [0.05, 0.1) is 13.2 Å². The smallest absolute Gasteiger partial charge is 0.320 e. The highest BCUT2D eigenvalue weighted by Crippen LogP contribution is 2.36. The molecule has 0 saturated heterocycles. The third-order valence-corrected chi connectivity index (χ3v) is 3.50. The van der Waals surface area contributed by atoms with Gasteiger partial charge in [0.2, 0.25) is 6.79 Å². The first-order valence-corrected chi connectivity index (χ1v) is 7.31. The minimum Gasteiger partial charge on any atom is -0.465 e. The minimum absolute atomic E-state index is 0.173. The van der Waals surface area contributed by atoms with E-state index >= 15 is 0 Å². The Bertz CT molecular complexity index is 536. The Morgan fingerprint density at radius 1 is 1.09 bits per heavy atom. The van der Waals surface area contributed by atoms with Crippen molar-refractivity contribution in [3.8, 4) is 11.5 Å². The van der Waals surface area contributed by atoms with Gasteiger partial charge in [-0.05, 0) is 31.5 Å². The third kappa shape index (κ3) is 3.32. The van der Waals surface area contributed by atoms with Crippen LogP contribution in [0.25, 0.3) is 0 Å². The molecule has 1 aliphatic heterocycles. The van der Waals surface area contributed by atoms with Crippen molar-refractivity contribution in [2.45, 2.75) is 26.7 Å². The summed E-state index contributed by atoms with van der Waals surface area (Å²) in [6, 6.07) is 5.35. The number of hydrogen-bond donors (Lipinski definition) is 0. The lowest BCUT2D eigenvalue weighted by Gasteiger charge is -2.21. The summed E-state index contributed by atoms with van der Waals surface area (Å²) in [5, 5.41) is 0. The number of fused-ring (bicyclic) bond motifs is 1. The topological polar surface area (TPSA) is 71.1 Å². The van der Waals surface area contributed by atoms with E-state index in [1.807, 2.05) is 6.07 Å². The zero-order valence-corrected chi connectivity index (χ0v) is 13.0. The minimum atomic E-state index is -1.000. The van der Waals surface area contributed by atoms with Crippen LogP contribution < -0.4 is 9.47 Å². The zero-order valence-electron chi connectivity index (χ0n) is 13.0. The molecule has 1 aliphatic rings. The van der Waals surface area contributed by atoms with Gasteiger partial charge in [0.15, 0.2) is 17.4 Å². The molecule has 1 aromatic carbocycles. The van der Waals surface area contributed by atoms with Crippen LogP contribution in [0.5, 0.6) is 11.5 Å². The van der Waals surface area contributed by atoms with Crippen molar-refractivity contribution in [1.29, 1.82) is 0 Å². The van der Waals surface area contributed by atoms with Gasteiger partial charge in [-0.15, -0.1) is 0 Å². The molecule has 0 N–H and O–H groups in total. The number of benzene rings is 1. The number of carbonyl (C=O) groups is 2. The number of esters is 2. The fourth-order valence-electron chi connectivity index (χ4n) is 2.36. The van der Waals surface area contributed by atoms with Gasteiger partial charge in [0, 0.05) is 5.92 Å². The highest BCUT2D eigenvalue weighted by atomic mass is 16.7. The molecule has 6 heteroatoms. The summed E-state index contributed by atoms with van der Waals surface area (Å²) in [6.45, 7) is 5.78. The summed E-state index contributed by atoms with van der Waals surface area (Å²) >= 11 is 0. The van der Waals surface area contributed by atoms with E-state index in [2.05, 4.69) is 0 Å². The molecular weight excluding hydrogens is 288 g/mol. The van der Waals surface area contributed by atoms with Crippen molar-refractivity contribution in [1.82, 2.24) is 0 Å². The highest BCUT2D eigenvalue weighted by Gasteiger charge is 2.36. The molecule has 1 aromatic rings. The predicted octanol–water partition coefficient (Wildman–Crippen LogP) is 2.26. The van der Waals surface area contributed by atoms with E-state index in [1.165, 1.54) is 0 Å². The molecule has 0 amide bonds. The molecule has 0 spiro atoms. The maximum Gasteiger partial charge on any atom is 0.320 e. The van der Waals surface area contributed by atoms with Crippen LogP contribution in [0.1, 0.15) is 32.3 Å². The van der Waals surface area contributed by atoms with Gasteiger partial charge >= 0.3 is 11.9 Å². The first-order valence-electron chi connectivity index (χ1n) is 7.31. The van der Waals surface area contributed by atoms with Crippen molar-refractivity contribution in [2.24, 2.45) is 5.92 Å². The molecule has 0 saturated carbocycles. The second kappa shape index (κ2) is 7.15. The van der Waals surface area contributed by atoms with Crippen LogP contribution in [0, 0.1) is 5.92 Å². The summed E-state index contributed by atoms with van der Waals surface area (Å²) in [6.07, 6.45) is 0. The number of rotatable bonds is 6.